The predicted octanol–water partition coefficient (Wildman–Crippen LogP) is 1.35. The van der Waals surface area contributed by atoms with Crippen LogP contribution in [0.5, 0.6) is 0 Å². The maximum absolute atomic E-state index is 9.76. The molecule has 3 heteroatoms. The van der Waals surface area contributed by atoms with E-state index in [-0.39, 0.29) is 17.6 Å². The molecule has 2 heterocycles. The quantitative estimate of drug-likeness (QED) is 0.763. The number of hydrogen-bond donors (Lipinski definition) is 2. The van der Waals surface area contributed by atoms with Crippen LogP contribution < -0.4 is 5.73 Å². The third-order valence-electron chi connectivity index (χ3n) is 4.68. The number of aliphatic hydroxyl groups is 1. The molecule has 2 fully saturated rings. The van der Waals surface area contributed by atoms with E-state index in [0.717, 1.165) is 19.4 Å². The molecule has 3 nitrogen and oxygen atoms in total. The standard InChI is InChI=1S/C13H26N2O/c1-9(14)13(2,3)8-15-10-4-5-11(15)7-12(16)6-10/h9-12,16H,4-8,14H2,1-3H3. The first-order valence-electron chi connectivity index (χ1n) is 6.59. The molecule has 3 unspecified atom stereocenters. The van der Waals surface area contributed by atoms with Crippen molar-refractivity contribution < 1.29 is 5.11 Å². The lowest BCUT2D eigenvalue weighted by molar-refractivity contribution is 0.0123. The van der Waals surface area contributed by atoms with Crippen LogP contribution in [-0.4, -0.2) is 40.8 Å². The van der Waals surface area contributed by atoms with Crippen molar-refractivity contribution in [2.45, 2.75) is 70.7 Å². The Morgan fingerprint density at radius 1 is 1.31 bits per heavy atom. The fraction of sp³-hybridized carbons (Fsp3) is 1.00. The fourth-order valence-corrected chi connectivity index (χ4v) is 3.12. The van der Waals surface area contributed by atoms with Crippen molar-refractivity contribution in [3.8, 4) is 0 Å². The molecule has 0 aliphatic carbocycles. The summed E-state index contributed by atoms with van der Waals surface area (Å²) < 4.78 is 0. The van der Waals surface area contributed by atoms with E-state index in [1.807, 2.05) is 0 Å². The van der Waals surface area contributed by atoms with Gasteiger partial charge >= 0.3 is 0 Å². The lowest BCUT2D eigenvalue weighted by Gasteiger charge is -2.43. The average molecular weight is 226 g/mol. The van der Waals surface area contributed by atoms with Gasteiger partial charge in [0.15, 0.2) is 0 Å². The van der Waals surface area contributed by atoms with Gasteiger partial charge in [-0.2, -0.15) is 0 Å². The van der Waals surface area contributed by atoms with Crippen molar-refractivity contribution in [1.29, 1.82) is 0 Å². The molecule has 2 aliphatic rings. The van der Waals surface area contributed by atoms with E-state index in [2.05, 4.69) is 25.7 Å². The summed E-state index contributed by atoms with van der Waals surface area (Å²) in [5, 5.41) is 9.76. The SMILES string of the molecule is CC(N)C(C)(C)CN1C2CCC1CC(O)C2. The molecule has 0 amide bonds. The first-order chi connectivity index (χ1) is 7.40. The van der Waals surface area contributed by atoms with Gasteiger partial charge in [0, 0.05) is 24.7 Å². The van der Waals surface area contributed by atoms with Crippen LogP contribution in [0.2, 0.25) is 0 Å². The molecule has 3 N–H and O–H groups in total. The Morgan fingerprint density at radius 2 is 1.81 bits per heavy atom. The van der Waals surface area contributed by atoms with Crippen LogP contribution >= 0.6 is 0 Å². The Labute approximate surface area is 99.0 Å². The van der Waals surface area contributed by atoms with Crippen LogP contribution in [-0.2, 0) is 0 Å². The largest absolute Gasteiger partial charge is 0.393 e. The van der Waals surface area contributed by atoms with Crippen LogP contribution in [0.3, 0.4) is 0 Å². The third-order valence-corrected chi connectivity index (χ3v) is 4.68. The van der Waals surface area contributed by atoms with Crippen molar-refractivity contribution in [3.63, 3.8) is 0 Å². The molecular weight excluding hydrogens is 200 g/mol. The molecule has 0 spiro atoms. The number of aliphatic hydroxyl groups excluding tert-OH is 1. The van der Waals surface area contributed by atoms with Crippen LogP contribution in [0, 0.1) is 5.41 Å². The van der Waals surface area contributed by atoms with Gasteiger partial charge in [-0.05, 0) is 38.0 Å². The molecule has 0 aromatic carbocycles. The van der Waals surface area contributed by atoms with Crippen LogP contribution in [0.15, 0.2) is 0 Å². The van der Waals surface area contributed by atoms with E-state index in [1.54, 1.807) is 0 Å². The molecule has 0 aromatic heterocycles. The molecule has 2 bridgehead atoms. The minimum Gasteiger partial charge on any atom is -0.393 e. The monoisotopic (exact) mass is 226 g/mol. The molecule has 94 valence electrons. The summed E-state index contributed by atoms with van der Waals surface area (Å²) in [6, 6.07) is 1.43. The molecule has 3 atom stereocenters. The van der Waals surface area contributed by atoms with Crippen molar-refractivity contribution >= 4 is 0 Å². The zero-order valence-electron chi connectivity index (χ0n) is 10.8. The lowest BCUT2D eigenvalue weighted by atomic mass is 9.84. The average Bonchev–Trinajstić information content (AvgIpc) is 2.43. The van der Waals surface area contributed by atoms with Gasteiger partial charge in [-0.25, -0.2) is 0 Å². The Morgan fingerprint density at radius 3 is 2.25 bits per heavy atom. The predicted molar refractivity (Wildman–Crippen MR) is 66.2 cm³/mol. The zero-order valence-corrected chi connectivity index (χ0v) is 10.8. The van der Waals surface area contributed by atoms with Gasteiger partial charge in [-0.15, -0.1) is 0 Å². The molecule has 0 aromatic rings. The topological polar surface area (TPSA) is 49.5 Å². The van der Waals surface area contributed by atoms with Crippen LogP contribution in [0.4, 0.5) is 0 Å². The van der Waals surface area contributed by atoms with Gasteiger partial charge in [0.1, 0.15) is 0 Å². The summed E-state index contributed by atoms with van der Waals surface area (Å²) in [6.07, 6.45) is 4.39. The summed E-state index contributed by atoms with van der Waals surface area (Å²) in [7, 11) is 0. The van der Waals surface area contributed by atoms with Crippen LogP contribution in [0.25, 0.3) is 0 Å². The van der Waals surface area contributed by atoms with E-state index in [0.29, 0.717) is 12.1 Å². The minimum absolute atomic E-state index is 0.0628. The second kappa shape index (κ2) is 4.28. The molecular formula is C13H26N2O. The van der Waals surface area contributed by atoms with Gasteiger partial charge in [0.2, 0.25) is 0 Å². The molecule has 0 radical (unpaired) electrons. The summed E-state index contributed by atoms with van der Waals surface area (Å²) in [6.45, 7) is 7.68. The smallest absolute Gasteiger partial charge is 0.0570 e. The van der Waals surface area contributed by atoms with Crippen molar-refractivity contribution in [2.24, 2.45) is 11.1 Å². The summed E-state index contributed by atoms with van der Waals surface area (Å²) in [5.41, 5.74) is 6.22. The zero-order chi connectivity index (χ0) is 11.9. The summed E-state index contributed by atoms with van der Waals surface area (Å²) >= 11 is 0. The van der Waals surface area contributed by atoms with E-state index in [4.69, 9.17) is 5.73 Å². The number of rotatable bonds is 3. The van der Waals surface area contributed by atoms with Gasteiger partial charge in [0.25, 0.3) is 0 Å². The van der Waals surface area contributed by atoms with E-state index >= 15 is 0 Å². The number of nitrogens with zero attached hydrogens (tertiary/aromatic N) is 1. The fourth-order valence-electron chi connectivity index (χ4n) is 3.12. The summed E-state index contributed by atoms with van der Waals surface area (Å²) in [5.74, 6) is 0. The van der Waals surface area contributed by atoms with Gasteiger partial charge in [0.05, 0.1) is 6.10 Å². The van der Waals surface area contributed by atoms with Crippen LogP contribution in [0.1, 0.15) is 46.5 Å². The minimum atomic E-state index is -0.0628. The highest BCUT2D eigenvalue weighted by molar-refractivity contribution is 4.97. The van der Waals surface area contributed by atoms with E-state index < -0.39 is 0 Å². The Hall–Kier alpha value is -0.120. The van der Waals surface area contributed by atoms with E-state index in [9.17, 15) is 5.11 Å². The second-order valence-corrected chi connectivity index (χ2v) is 6.46. The highest BCUT2D eigenvalue weighted by Crippen LogP contribution is 2.38. The maximum Gasteiger partial charge on any atom is 0.0570 e. The molecule has 2 rings (SSSR count). The normalized spacial score (nSPS) is 37.7. The maximum atomic E-state index is 9.76. The Kier molecular flexibility index (Phi) is 3.30. The Balaban J connectivity index is 2.01. The number of fused-ring (bicyclic) bond motifs is 2. The first kappa shape index (κ1) is 12.3. The van der Waals surface area contributed by atoms with E-state index in [1.165, 1.54) is 12.8 Å². The highest BCUT2D eigenvalue weighted by Gasteiger charge is 2.42. The highest BCUT2D eigenvalue weighted by atomic mass is 16.3. The molecule has 2 saturated heterocycles. The van der Waals surface area contributed by atoms with Crippen molar-refractivity contribution in [1.82, 2.24) is 4.90 Å². The lowest BCUT2D eigenvalue weighted by Crippen LogP contribution is -2.51. The molecule has 0 saturated carbocycles. The molecule has 16 heavy (non-hydrogen) atoms. The van der Waals surface area contributed by atoms with Gasteiger partial charge in [-0.1, -0.05) is 13.8 Å². The van der Waals surface area contributed by atoms with Gasteiger partial charge < -0.3 is 10.8 Å². The second-order valence-electron chi connectivity index (χ2n) is 6.46. The summed E-state index contributed by atoms with van der Waals surface area (Å²) in [4.78, 5) is 2.61. The van der Waals surface area contributed by atoms with Crippen molar-refractivity contribution in [3.05, 3.63) is 0 Å². The number of piperidine rings is 1. The Bertz CT molecular complexity index is 238. The third kappa shape index (κ3) is 2.27. The molecule has 2 aliphatic heterocycles. The van der Waals surface area contributed by atoms with Gasteiger partial charge in [-0.3, -0.25) is 4.90 Å². The number of nitrogens with two attached hydrogens (primary N) is 1. The first-order valence-corrected chi connectivity index (χ1v) is 6.59. The van der Waals surface area contributed by atoms with Crippen molar-refractivity contribution in [2.75, 3.05) is 6.54 Å². The number of hydrogen-bond acceptors (Lipinski definition) is 3.